The number of amidine groups is 1. The summed E-state index contributed by atoms with van der Waals surface area (Å²) in [6.07, 6.45) is -3.30. The van der Waals surface area contributed by atoms with E-state index in [1.54, 1.807) is 42.7 Å². The number of carbonyl (C=O) groups excluding carboxylic acids is 1. The molecule has 3 aromatic rings. The number of carbonyl (C=O) groups is 2. The molecule has 0 aliphatic carbocycles. The molecule has 0 aliphatic heterocycles. The summed E-state index contributed by atoms with van der Waals surface area (Å²) in [6, 6.07) is 12.8. The predicted octanol–water partition coefficient (Wildman–Crippen LogP) is 4.69. The van der Waals surface area contributed by atoms with E-state index in [4.69, 9.17) is 26.8 Å². The summed E-state index contributed by atoms with van der Waals surface area (Å²) in [5, 5.41) is 17.3. The fourth-order valence-corrected chi connectivity index (χ4v) is 6.89. The van der Waals surface area contributed by atoms with E-state index in [-0.39, 0.29) is 15.6 Å². The van der Waals surface area contributed by atoms with Crippen molar-refractivity contribution in [2.75, 3.05) is 11.6 Å². The highest BCUT2D eigenvalue weighted by atomic mass is 32.2. The van der Waals surface area contributed by atoms with Crippen molar-refractivity contribution in [2.24, 2.45) is 11.5 Å². The SMILES string of the molecule is CSc1sc(C(=N)N)cc1S(=O)(=O)c1cccc(-c2ccc(NC(N)=O)cc2C)c1.O=C(O)C(F)(F)F. The number of thioether (sulfide) groups is 1. The molecule has 2 aromatic carbocycles. The maximum absolute atomic E-state index is 13.3. The van der Waals surface area contributed by atoms with Crippen molar-refractivity contribution < 1.29 is 36.3 Å². The monoisotopic (exact) mass is 574 g/mol. The summed E-state index contributed by atoms with van der Waals surface area (Å²) in [7, 11) is -3.80. The summed E-state index contributed by atoms with van der Waals surface area (Å²) >= 11 is 2.50. The van der Waals surface area contributed by atoms with Crippen molar-refractivity contribution in [3.05, 3.63) is 59.0 Å². The Kier molecular flexibility index (Phi) is 9.35. The lowest BCUT2D eigenvalue weighted by atomic mass is 10.00. The first-order chi connectivity index (χ1) is 17.1. The molecule has 0 bridgehead atoms. The normalized spacial score (nSPS) is 11.3. The Morgan fingerprint density at radius 1 is 1.11 bits per heavy atom. The molecule has 15 heteroatoms. The number of hydrogen-bond acceptors (Lipinski definition) is 7. The number of alkyl halides is 3. The van der Waals surface area contributed by atoms with Gasteiger partial charge >= 0.3 is 18.2 Å². The number of aliphatic carboxylic acids is 1. The van der Waals surface area contributed by atoms with Gasteiger partial charge in [-0.05, 0) is 60.2 Å². The van der Waals surface area contributed by atoms with Crippen LogP contribution >= 0.6 is 23.1 Å². The number of nitrogens with one attached hydrogen (secondary N) is 2. The van der Waals surface area contributed by atoms with Crippen LogP contribution < -0.4 is 16.8 Å². The first kappa shape index (κ1) is 29.7. The van der Waals surface area contributed by atoms with Crippen LogP contribution in [0.1, 0.15) is 10.4 Å². The third-order valence-corrected chi connectivity index (χ3v) is 8.94. The number of amides is 2. The van der Waals surface area contributed by atoms with Gasteiger partial charge < -0.3 is 21.9 Å². The van der Waals surface area contributed by atoms with Crippen LogP contribution in [0, 0.1) is 12.3 Å². The second-order valence-electron chi connectivity index (χ2n) is 7.23. The van der Waals surface area contributed by atoms with Crippen molar-refractivity contribution in [1.82, 2.24) is 0 Å². The third kappa shape index (κ3) is 7.47. The summed E-state index contributed by atoms with van der Waals surface area (Å²) in [4.78, 5) is 20.7. The van der Waals surface area contributed by atoms with Gasteiger partial charge in [0.15, 0.2) is 0 Å². The van der Waals surface area contributed by atoms with Crippen molar-refractivity contribution in [2.45, 2.75) is 27.1 Å². The summed E-state index contributed by atoms with van der Waals surface area (Å²) in [5.74, 6) is -2.92. The van der Waals surface area contributed by atoms with Crippen molar-refractivity contribution in [3.63, 3.8) is 0 Å². The molecule has 9 nitrogen and oxygen atoms in total. The number of rotatable bonds is 6. The number of thiophene rings is 1. The smallest absolute Gasteiger partial charge is 0.475 e. The number of nitrogens with two attached hydrogens (primary N) is 2. The molecule has 7 N–H and O–H groups in total. The number of carboxylic acids is 1. The maximum Gasteiger partial charge on any atom is 0.490 e. The second-order valence-corrected chi connectivity index (χ2v) is 11.3. The van der Waals surface area contributed by atoms with Gasteiger partial charge in [0.05, 0.1) is 18.9 Å². The third-order valence-electron chi connectivity index (χ3n) is 4.60. The van der Waals surface area contributed by atoms with E-state index in [2.05, 4.69) is 5.32 Å². The van der Waals surface area contributed by atoms with Crippen LogP contribution in [0.25, 0.3) is 11.1 Å². The number of carboxylic acid groups (broad SMARTS) is 1. The highest BCUT2D eigenvalue weighted by molar-refractivity contribution is 8.01. The van der Waals surface area contributed by atoms with Crippen LogP contribution in [0.4, 0.5) is 23.7 Å². The van der Waals surface area contributed by atoms with Gasteiger partial charge in [0.2, 0.25) is 9.84 Å². The lowest BCUT2D eigenvalue weighted by molar-refractivity contribution is -0.192. The van der Waals surface area contributed by atoms with Gasteiger partial charge in [-0.15, -0.1) is 23.1 Å². The zero-order valence-electron chi connectivity index (χ0n) is 19.2. The molecule has 0 saturated heterocycles. The van der Waals surface area contributed by atoms with Gasteiger partial charge in [-0.2, -0.15) is 13.2 Å². The van der Waals surface area contributed by atoms with E-state index < -0.39 is 28.0 Å². The number of benzene rings is 2. The number of primary amides is 1. The fraction of sp³-hybridized carbons (Fsp3) is 0.136. The van der Waals surface area contributed by atoms with Crippen LogP contribution in [-0.2, 0) is 14.6 Å². The number of urea groups is 1. The first-order valence-corrected chi connectivity index (χ1v) is 13.4. The number of sulfone groups is 1. The van der Waals surface area contributed by atoms with Crippen molar-refractivity contribution in [3.8, 4) is 11.1 Å². The fourth-order valence-electron chi connectivity index (χ4n) is 2.99. The molecule has 0 unspecified atom stereocenters. The maximum atomic E-state index is 13.3. The highest BCUT2D eigenvalue weighted by Gasteiger charge is 2.38. The minimum Gasteiger partial charge on any atom is -0.475 e. The van der Waals surface area contributed by atoms with Crippen molar-refractivity contribution in [1.29, 1.82) is 5.41 Å². The van der Waals surface area contributed by atoms with E-state index in [0.29, 0.717) is 14.8 Å². The van der Waals surface area contributed by atoms with Crippen molar-refractivity contribution >= 4 is 56.5 Å². The average molecular weight is 575 g/mol. The van der Waals surface area contributed by atoms with Gasteiger partial charge in [0, 0.05) is 5.69 Å². The van der Waals surface area contributed by atoms with Gasteiger partial charge in [-0.25, -0.2) is 18.0 Å². The van der Waals surface area contributed by atoms with Gasteiger partial charge in [-0.3, -0.25) is 5.41 Å². The molecule has 3 rings (SSSR count). The molecule has 0 atom stereocenters. The molecule has 0 fully saturated rings. The van der Waals surface area contributed by atoms with Crippen LogP contribution in [0.3, 0.4) is 0 Å². The standard InChI is InChI=1S/C20H20N4O3S3.C2HF3O2/c1-11-8-13(24-20(23)25)6-7-15(11)12-4-3-5-14(9-12)30(26,27)17-10-16(18(21)22)29-19(17)28-2;3-2(4,5)1(6)7/h3-10H,1-2H3,(H3,21,22)(H3,23,24,25);(H,6,7). The van der Waals surface area contributed by atoms with Gasteiger partial charge in [-0.1, -0.05) is 18.2 Å². The zero-order valence-corrected chi connectivity index (χ0v) is 21.7. The topological polar surface area (TPSA) is 176 Å². The van der Waals surface area contributed by atoms with E-state index in [1.807, 2.05) is 13.0 Å². The minimum absolute atomic E-state index is 0.153. The second kappa shape index (κ2) is 11.7. The minimum atomic E-state index is -5.08. The number of hydrogen-bond donors (Lipinski definition) is 5. The molecule has 1 aromatic heterocycles. The number of halogens is 3. The molecule has 2 amide bonds. The van der Waals surface area contributed by atoms with Gasteiger partial charge in [0.1, 0.15) is 5.84 Å². The van der Waals surface area contributed by atoms with Crippen LogP contribution in [-0.4, -0.2) is 43.8 Å². The Balaban J connectivity index is 0.000000604. The van der Waals surface area contributed by atoms with E-state index in [1.165, 1.54) is 29.2 Å². The molecular formula is C22H21F3N4O5S3. The van der Waals surface area contributed by atoms with Crippen LogP contribution in [0.5, 0.6) is 0 Å². The molecule has 0 saturated carbocycles. The molecule has 0 radical (unpaired) electrons. The number of aryl methyl sites for hydroxylation is 1. The summed E-state index contributed by atoms with van der Waals surface area (Å²) in [5.41, 5.74) is 13.7. The Bertz CT molecular complexity index is 1450. The number of nitrogen functional groups attached to an aromatic ring is 1. The van der Waals surface area contributed by atoms with E-state index >= 15 is 0 Å². The molecule has 0 spiro atoms. The quantitative estimate of drug-likeness (QED) is 0.161. The Hall–Kier alpha value is -3.56. The Labute approximate surface area is 218 Å². The van der Waals surface area contributed by atoms with Crippen LogP contribution in [0.15, 0.2) is 62.5 Å². The first-order valence-electron chi connectivity index (χ1n) is 9.93. The molecule has 198 valence electrons. The lowest BCUT2D eigenvalue weighted by Gasteiger charge is -2.11. The van der Waals surface area contributed by atoms with E-state index in [0.717, 1.165) is 16.7 Å². The molecule has 1 heterocycles. The zero-order chi connectivity index (χ0) is 28.1. The lowest BCUT2D eigenvalue weighted by Crippen LogP contribution is -2.21. The Morgan fingerprint density at radius 3 is 2.22 bits per heavy atom. The molecule has 37 heavy (non-hydrogen) atoms. The highest BCUT2D eigenvalue weighted by Crippen LogP contribution is 2.38. The predicted molar refractivity (Wildman–Crippen MR) is 136 cm³/mol. The Morgan fingerprint density at radius 2 is 1.73 bits per heavy atom. The average Bonchev–Trinajstić information content (AvgIpc) is 3.24. The van der Waals surface area contributed by atoms with Gasteiger partial charge in [0.25, 0.3) is 0 Å². The number of anilines is 1. The molecular weight excluding hydrogens is 553 g/mol. The van der Waals surface area contributed by atoms with Crippen LogP contribution in [0.2, 0.25) is 0 Å². The van der Waals surface area contributed by atoms with E-state index in [9.17, 15) is 26.4 Å². The summed E-state index contributed by atoms with van der Waals surface area (Å²) in [6.45, 7) is 1.87. The molecule has 0 aliphatic rings. The largest absolute Gasteiger partial charge is 0.490 e. The summed E-state index contributed by atoms with van der Waals surface area (Å²) < 4.78 is 59.0.